The van der Waals surface area contributed by atoms with Crippen LogP contribution in [0.15, 0.2) is 11.6 Å². The minimum Gasteiger partial charge on any atom is -0.299 e. The monoisotopic (exact) mass is 192 g/mol. The van der Waals surface area contributed by atoms with E-state index in [1.807, 2.05) is 6.92 Å². The molecule has 0 unspecified atom stereocenters. The maximum Gasteiger partial charge on any atom is 0.169 e. The van der Waals surface area contributed by atoms with E-state index in [1.165, 1.54) is 0 Å². The molecular weight excluding hydrogens is 176 g/mol. The molecule has 0 bridgehead atoms. The second-order valence-corrected chi connectivity index (χ2v) is 4.57. The Morgan fingerprint density at radius 3 is 2.57 bits per heavy atom. The standard InChI is InChI=1S/C12H16O2/c1-9-5-7-12(11(14)8-9)6-3-2-4-10(12)13/h8H,2-7H2,1H3/t12-/m1/s1. The zero-order valence-corrected chi connectivity index (χ0v) is 8.64. The fourth-order valence-electron chi connectivity index (χ4n) is 2.58. The summed E-state index contributed by atoms with van der Waals surface area (Å²) in [6, 6.07) is 0. The van der Waals surface area contributed by atoms with Crippen molar-refractivity contribution in [3.05, 3.63) is 11.6 Å². The van der Waals surface area contributed by atoms with Crippen LogP contribution in [0.3, 0.4) is 0 Å². The van der Waals surface area contributed by atoms with E-state index in [2.05, 4.69) is 0 Å². The number of ketones is 2. The summed E-state index contributed by atoms with van der Waals surface area (Å²) in [7, 11) is 0. The van der Waals surface area contributed by atoms with Gasteiger partial charge in [-0.25, -0.2) is 0 Å². The first-order valence-electron chi connectivity index (χ1n) is 5.40. The maximum absolute atomic E-state index is 11.9. The van der Waals surface area contributed by atoms with Crippen LogP contribution >= 0.6 is 0 Å². The molecule has 2 nitrogen and oxygen atoms in total. The highest BCUT2D eigenvalue weighted by Gasteiger charge is 2.46. The van der Waals surface area contributed by atoms with Gasteiger partial charge >= 0.3 is 0 Å². The van der Waals surface area contributed by atoms with Crippen LogP contribution in [0.5, 0.6) is 0 Å². The van der Waals surface area contributed by atoms with Crippen LogP contribution in [-0.2, 0) is 9.59 Å². The molecule has 1 fully saturated rings. The molecule has 76 valence electrons. The maximum atomic E-state index is 11.9. The van der Waals surface area contributed by atoms with E-state index in [1.54, 1.807) is 6.08 Å². The van der Waals surface area contributed by atoms with Gasteiger partial charge in [0.15, 0.2) is 5.78 Å². The third kappa shape index (κ3) is 1.33. The molecule has 1 spiro atoms. The summed E-state index contributed by atoms with van der Waals surface area (Å²) in [5.41, 5.74) is 0.525. The number of Topliss-reactive ketones (excluding diaryl/α,β-unsaturated/α-hetero) is 1. The molecule has 0 aromatic carbocycles. The molecular formula is C12H16O2. The van der Waals surface area contributed by atoms with Crippen LogP contribution < -0.4 is 0 Å². The number of allylic oxidation sites excluding steroid dienone is 2. The van der Waals surface area contributed by atoms with E-state index < -0.39 is 5.41 Å². The topological polar surface area (TPSA) is 34.1 Å². The average Bonchev–Trinajstić information content (AvgIpc) is 2.15. The SMILES string of the molecule is CC1=CC(=O)[C@]2(CCCCC2=O)CC1. The fourth-order valence-corrected chi connectivity index (χ4v) is 2.58. The van der Waals surface area contributed by atoms with Crippen LogP contribution in [0.25, 0.3) is 0 Å². The number of hydrogen-bond acceptors (Lipinski definition) is 2. The van der Waals surface area contributed by atoms with Crippen molar-refractivity contribution in [3.8, 4) is 0 Å². The quantitative estimate of drug-likeness (QED) is 0.552. The van der Waals surface area contributed by atoms with Crippen LogP contribution in [-0.4, -0.2) is 11.6 Å². The lowest BCUT2D eigenvalue weighted by Crippen LogP contribution is -2.42. The second-order valence-electron chi connectivity index (χ2n) is 4.57. The Labute approximate surface area is 84.4 Å². The normalized spacial score (nSPS) is 33.4. The third-order valence-corrected chi connectivity index (χ3v) is 3.59. The van der Waals surface area contributed by atoms with Gasteiger partial charge in [0.1, 0.15) is 5.78 Å². The minimum absolute atomic E-state index is 0.0750. The van der Waals surface area contributed by atoms with E-state index in [0.29, 0.717) is 6.42 Å². The molecule has 14 heavy (non-hydrogen) atoms. The van der Waals surface area contributed by atoms with Crippen molar-refractivity contribution < 1.29 is 9.59 Å². The number of hydrogen-bond donors (Lipinski definition) is 0. The van der Waals surface area contributed by atoms with Gasteiger partial charge in [-0.15, -0.1) is 0 Å². The highest BCUT2D eigenvalue weighted by molar-refractivity contribution is 6.12. The molecule has 0 aliphatic heterocycles. The van der Waals surface area contributed by atoms with Crippen molar-refractivity contribution in [2.75, 3.05) is 0 Å². The van der Waals surface area contributed by atoms with Gasteiger partial charge in [0.25, 0.3) is 0 Å². The van der Waals surface area contributed by atoms with Crippen molar-refractivity contribution >= 4 is 11.6 Å². The Morgan fingerprint density at radius 1 is 1.14 bits per heavy atom. The van der Waals surface area contributed by atoms with Gasteiger partial charge < -0.3 is 0 Å². The van der Waals surface area contributed by atoms with Gasteiger partial charge in [-0.1, -0.05) is 12.0 Å². The zero-order chi connectivity index (χ0) is 10.2. The summed E-state index contributed by atoms with van der Waals surface area (Å²) in [5.74, 6) is 0.267. The smallest absolute Gasteiger partial charge is 0.169 e. The van der Waals surface area contributed by atoms with Crippen LogP contribution in [0.1, 0.15) is 45.4 Å². The molecule has 2 rings (SSSR count). The average molecular weight is 192 g/mol. The van der Waals surface area contributed by atoms with Gasteiger partial charge in [0, 0.05) is 6.42 Å². The van der Waals surface area contributed by atoms with Crippen molar-refractivity contribution in [2.45, 2.75) is 45.4 Å². The Hall–Kier alpha value is -0.920. The van der Waals surface area contributed by atoms with Crippen molar-refractivity contribution in [3.63, 3.8) is 0 Å². The Kier molecular flexibility index (Phi) is 2.30. The van der Waals surface area contributed by atoms with Gasteiger partial charge in [-0.05, 0) is 38.7 Å². The Balaban J connectivity index is 2.31. The predicted molar refractivity (Wildman–Crippen MR) is 53.9 cm³/mol. The second kappa shape index (κ2) is 3.34. The summed E-state index contributed by atoms with van der Waals surface area (Å²) in [5, 5.41) is 0. The molecule has 0 N–H and O–H groups in total. The van der Waals surface area contributed by atoms with Crippen molar-refractivity contribution in [1.82, 2.24) is 0 Å². The molecule has 0 radical (unpaired) electrons. The molecule has 2 aliphatic carbocycles. The zero-order valence-electron chi connectivity index (χ0n) is 8.64. The summed E-state index contributed by atoms with van der Waals surface area (Å²) < 4.78 is 0. The van der Waals surface area contributed by atoms with Crippen LogP contribution in [0, 0.1) is 5.41 Å². The van der Waals surface area contributed by atoms with Gasteiger partial charge in [0.2, 0.25) is 0 Å². The van der Waals surface area contributed by atoms with Crippen molar-refractivity contribution in [2.24, 2.45) is 5.41 Å². The van der Waals surface area contributed by atoms with Gasteiger partial charge in [-0.3, -0.25) is 9.59 Å². The molecule has 0 aromatic heterocycles. The van der Waals surface area contributed by atoms with Gasteiger partial charge in [-0.2, -0.15) is 0 Å². The molecule has 0 saturated heterocycles. The lowest BCUT2D eigenvalue weighted by molar-refractivity contribution is -0.141. The Morgan fingerprint density at radius 2 is 1.93 bits per heavy atom. The number of carbonyl (C=O) groups is 2. The van der Waals surface area contributed by atoms with Crippen molar-refractivity contribution in [1.29, 1.82) is 0 Å². The van der Waals surface area contributed by atoms with Crippen LogP contribution in [0.4, 0.5) is 0 Å². The van der Waals surface area contributed by atoms with E-state index in [4.69, 9.17) is 0 Å². The number of carbonyl (C=O) groups excluding carboxylic acids is 2. The van der Waals surface area contributed by atoms with Crippen LogP contribution in [0.2, 0.25) is 0 Å². The predicted octanol–water partition coefficient (Wildman–Crippen LogP) is 2.43. The van der Waals surface area contributed by atoms with E-state index in [0.717, 1.165) is 37.7 Å². The Bertz CT molecular complexity index is 314. The molecule has 2 aliphatic rings. The molecule has 0 heterocycles. The number of rotatable bonds is 0. The summed E-state index contributed by atoms with van der Waals surface area (Å²) in [6.07, 6.45) is 6.76. The summed E-state index contributed by atoms with van der Waals surface area (Å²) in [4.78, 5) is 23.7. The van der Waals surface area contributed by atoms with E-state index >= 15 is 0 Å². The molecule has 2 heteroatoms. The summed E-state index contributed by atoms with van der Waals surface area (Å²) >= 11 is 0. The third-order valence-electron chi connectivity index (χ3n) is 3.59. The molecule has 1 atom stereocenters. The largest absolute Gasteiger partial charge is 0.299 e. The first kappa shape index (κ1) is 9.63. The first-order chi connectivity index (χ1) is 6.65. The lowest BCUT2D eigenvalue weighted by Gasteiger charge is -2.36. The fraction of sp³-hybridized carbons (Fsp3) is 0.667. The molecule has 1 saturated carbocycles. The van der Waals surface area contributed by atoms with E-state index in [-0.39, 0.29) is 11.6 Å². The molecule has 0 amide bonds. The highest BCUT2D eigenvalue weighted by Crippen LogP contribution is 2.42. The lowest BCUT2D eigenvalue weighted by atomic mass is 9.64. The molecule has 0 aromatic rings. The minimum atomic E-state index is -0.599. The van der Waals surface area contributed by atoms with E-state index in [9.17, 15) is 9.59 Å². The van der Waals surface area contributed by atoms with Gasteiger partial charge in [0.05, 0.1) is 5.41 Å². The first-order valence-corrected chi connectivity index (χ1v) is 5.40. The summed E-state index contributed by atoms with van der Waals surface area (Å²) in [6.45, 7) is 1.97. The highest BCUT2D eigenvalue weighted by atomic mass is 16.2.